The van der Waals surface area contributed by atoms with Gasteiger partial charge in [0.25, 0.3) is 0 Å². The van der Waals surface area contributed by atoms with Crippen molar-refractivity contribution in [2.75, 3.05) is 49.6 Å². The SMILES string of the molecule is CSc1cccc(N(CC(=O)NCCOc2ccc(S(=O)(=O)N3CCCC3)cc2)S(C)(=O)=O)c1. The Morgan fingerprint density at radius 1 is 1.09 bits per heavy atom. The highest BCUT2D eigenvalue weighted by atomic mass is 32.2. The number of thioether (sulfide) groups is 1. The van der Waals surface area contributed by atoms with Crippen LogP contribution in [-0.2, 0) is 24.8 Å². The lowest BCUT2D eigenvalue weighted by molar-refractivity contribution is -0.119. The lowest BCUT2D eigenvalue weighted by Crippen LogP contribution is -2.41. The summed E-state index contributed by atoms with van der Waals surface area (Å²) in [7, 11) is -7.13. The molecule has 34 heavy (non-hydrogen) atoms. The molecule has 1 N–H and O–H groups in total. The molecule has 9 nitrogen and oxygen atoms in total. The standard InChI is InChI=1S/C22H29N3O6S3/c1-32-20-7-5-6-18(16-20)25(33(2,27)28)17-22(26)23-12-15-31-19-8-10-21(11-9-19)34(29,30)24-13-3-4-14-24/h5-11,16H,3-4,12-15,17H2,1-2H3,(H,23,26). The summed E-state index contributed by atoms with van der Waals surface area (Å²) in [5, 5.41) is 2.65. The number of sulfonamides is 2. The fourth-order valence-electron chi connectivity index (χ4n) is 3.50. The predicted molar refractivity (Wildman–Crippen MR) is 133 cm³/mol. The molecule has 1 aliphatic rings. The summed E-state index contributed by atoms with van der Waals surface area (Å²) in [6, 6.07) is 13.1. The molecular formula is C22H29N3O6S3. The van der Waals surface area contributed by atoms with Gasteiger partial charge in [0.15, 0.2) is 0 Å². The van der Waals surface area contributed by atoms with Crippen molar-refractivity contribution in [2.45, 2.75) is 22.6 Å². The van der Waals surface area contributed by atoms with Gasteiger partial charge < -0.3 is 10.1 Å². The number of amides is 1. The van der Waals surface area contributed by atoms with Gasteiger partial charge in [-0.1, -0.05) is 6.07 Å². The Labute approximate surface area is 205 Å². The Hall–Kier alpha value is -2.28. The molecular weight excluding hydrogens is 498 g/mol. The molecule has 1 saturated heterocycles. The lowest BCUT2D eigenvalue weighted by Gasteiger charge is -2.22. The molecule has 2 aromatic carbocycles. The van der Waals surface area contributed by atoms with Gasteiger partial charge in [0.05, 0.1) is 23.4 Å². The van der Waals surface area contributed by atoms with Gasteiger partial charge in [0, 0.05) is 18.0 Å². The normalized spacial score (nSPS) is 14.6. The van der Waals surface area contributed by atoms with Gasteiger partial charge in [-0.2, -0.15) is 4.31 Å². The van der Waals surface area contributed by atoms with E-state index in [0.717, 1.165) is 28.3 Å². The van der Waals surface area contributed by atoms with Crippen LogP contribution in [0.4, 0.5) is 5.69 Å². The smallest absolute Gasteiger partial charge is 0.243 e. The molecule has 0 aromatic heterocycles. The van der Waals surface area contributed by atoms with Gasteiger partial charge in [-0.25, -0.2) is 16.8 Å². The maximum absolute atomic E-state index is 12.6. The molecule has 0 unspecified atom stereocenters. The van der Waals surface area contributed by atoms with E-state index in [1.807, 2.05) is 12.3 Å². The van der Waals surface area contributed by atoms with E-state index in [1.54, 1.807) is 30.3 Å². The number of carbonyl (C=O) groups excluding carboxylic acids is 1. The summed E-state index contributed by atoms with van der Waals surface area (Å²) in [4.78, 5) is 13.5. The van der Waals surface area contributed by atoms with Crippen LogP contribution in [0.5, 0.6) is 5.75 Å². The zero-order valence-corrected chi connectivity index (χ0v) is 21.6. The summed E-state index contributed by atoms with van der Waals surface area (Å²) in [5.74, 6) is 0.0110. The van der Waals surface area contributed by atoms with Crippen molar-refractivity contribution in [3.05, 3.63) is 48.5 Å². The second-order valence-corrected chi connectivity index (χ2v) is 12.5. The van der Waals surface area contributed by atoms with Crippen LogP contribution in [0.1, 0.15) is 12.8 Å². The molecule has 0 saturated carbocycles. The highest BCUT2D eigenvalue weighted by Gasteiger charge is 2.27. The highest BCUT2D eigenvalue weighted by Crippen LogP contribution is 2.24. The van der Waals surface area contributed by atoms with E-state index < -0.39 is 26.0 Å². The molecule has 12 heteroatoms. The van der Waals surface area contributed by atoms with Crippen molar-refractivity contribution < 1.29 is 26.4 Å². The van der Waals surface area contributed by atoms with Gasteiger partial charge in [-0.05, 0) is 61.6 Å². The Bertz CT molecular complexity index is 1190. The Morgan fingerprint density at radius 2 is 1.76 bits per heavy atom. The number of rotatable bonds is 11. The van der Waals surface area contributed by atoms with E-state index in [0.29, 0.717) is 24.5 Å². The first kappa shape index (κ1) is 26.3. The monoisotopic (exact) mass is 527 g/mol. The molecule has 186 valence electrons. The van der Waals surface area contributed by atoms with Gasteiger partial charge in [0.2, 0.25) is 26.0 Å². The van der Waals surface area contributed by atoms with Gasteiger partial charge >= 0.3 is 0 Å². The van der Waals surface area contributed by atoms with E-state index >= 15 is 0 Å². The fraction of sp³-hybridized carbons (Fsp3) is 0.409. The van der Waals surface area contributed by atoms with Crippen LogP contribution >= 0.6 is 11.8 Å². The average Bonchev–Trinajstić information content (AvgIpc) is 3.36. The molecule has 1 heterocycles. The third kappa shape index (κ3) is 6.87. The zero-order chi connectivity index (χ0) is 24.8. The van der Waals surface area contributed by atoms with Gasteiger partial charge in [-0.15, -0.1) is 11.8 Å². The summed E-state index contributed by atoms with van der Waals surface area (Å²) in [6.45, 7) is 1.04. The molecule has 0 radical (unpaired) electrons. The summed E-state index contributed by atoms with van der Waals surface area (Å²) >= 11 is 1.48. The Morgan fingerprint density at radius 3 is 2.38 bits per heavy atom. The van der Waals surface area contributed by atoms with E-state index in [1.165, 1.54) is 28.2 Å². The number of ether oxygens (including phenoxy) is 1. The third-order valence-electron chi connectivity index (χ3n) is 5.25. The van der Waals surface area contributed by atoms with Crippen molar-refractivity contribution in [1.29, 1.82) is 0 Å². The molecule has 1 amide bonds. The van der Waals surface area contributed by atoms with Crippen LogP contribution in [0, 0.1) is 0 Å². The average molecular weight is 528 g/mol. The van der Waals surface area contributed by atoms with Crippen LogP contribution < -0.4 is 14.4 Å². The molecule has 1 aliphatic heterocycles. The van der Waals surface area contributed by atoms with Crippen LogP contribution in [0.15, 0.2) is 58.3 Å². The molecule has 2 aromatic rings. The van der Waals surface area contributed by atoms with Crippen molar-refractivity contribution in [2.24, 2.45) is 0 Å². The van der Waals surface area contributed by atoms with E-state index in [-0.39, 0.29) is 24.6 Å². The maximum atomic E-state index is 12.6. The third-order valence-corrected chi connectivity index (χ3v) is 9.03. The first-order valence-electron chi connectivity index (χ1n) is 10.7. The molecule has 0 aliphatic carbocycles. The van der Waals surface area contributed by atoms with Crippen LogP contribution in [0.2, 0.25) is 0 Å². The maximum Gasteiger partial charge on any atom is 0.243 e. The minimum absolute atomic E-state index is 0.144. The molecule has 0 atom stereocenters. The number of hydrogen-bond donors (Lipinski definition) is 1. The predicted octanol–water partition coefficient (Wildman–Crippen LogP) is 2.15. The summed E-state index contributed by atoms with van der Waals surface area (Å²) in [5.41, 5.74) is 0.421. The second-order valence-electron chi connectivity index (χ2n) is 7.75. The minimum atomic E-state index is -3.65. The Balaban J connectivity index is 1.50. The van der Waals surface area contributed by atoms with Gasteiger partial charge in [-0.3, -0.25) is 9.10 Å². The number of carbonyl (C=O) groups is 1. The van der Waals surface area contributed by atoms with E-state index in [2.05, 4.69) is 5.32 Å². The number of nitrogens with zero attached hydrogens (tertiary/aromatic N) is 2. The van der Waals surface area contributed by atoms with Crippen LogP contribution in [0.25, 0.3) is 0 Å². The van der Waals surface area contributed by atoms with Crippen molar-refractivity contribution >= 4 is 43.4 Å². The molecule has 3 rings (SSSR count). The van der Waals surface area contributed by atoms with Gasteiger partial charge in [0.1, 0.15) is 18.9 Å². The van der Waals surface area contributed by atoms with Crippen LogP contribution in [-0.4, -0.2) is 72.3 Å². The molecule has 0 spiro atoms. The lowest BCUT2D eigenvalue weighted by atomic mass is 10.3. The molecule has 0 bridgehead atoms. The number of benzene rings is 2. The largest absolute Gasteiger partial charge is 0.492 e. The highest BCUT2D eigenvalue weighted by molar-refractivity contribution is 7.98. The first-order chi connectivity index (χ1) is 16.1. The number of anilines is 1. The van der Waals surface area contributed by atoms with Crippen molar-refractivity contribution in [3.63, 3.8) is 0 Å². The first-order valence-corrected chi connectivity index (χ1v) is 15.2. The zero-order valence-electron chi connectivity index (χ0n) is 19.1. The number of nitrogens with one attached hydrogen (secondary N) is 1. The number of hydrogen-bond acceptors (Lipinski definition) is 7. The Kier molecular flexibility index (Phi) is 8.85. The van der Waals surface area contributed by atoms with E-state index in [9.17, 15) is 21.6 Å². The fourth-order valence-corrected chi connectivity index (χ4v) is 6.32. The van der Waals surface area contributed by atoms with Crippen LogP contribution in [0.3, 0.4) is 0 Å². The van der Waals surface area contributed by atoms with Crippen molar-refractivity contribution in [3.8, 4) is 5.75 Å². The second kappa shape index (κ2) is 11.4. The summed E-state index contributed by atoms with van der Waals surface area (Å²) < 4.78 is 57.7. The van der Waals surface area contributed by atoms with E-state index in [4.69, 9.17) is 4.74 Å². The summed E-state index contributed by atoms with van der Waals surface area (Å²) in [6.07, 6.45) is 4.69. The topological polar surface area (TPSA) is 113 Å². The minimum Gasteiger partial charge on any atom is -0.492 e. The quantitative estimate of drug-likeness (QED) is 0.352. The van der Waals surface area contributed by atoms with Crippen molar-refractivity contribution in [1.82, 2.24) is 9.62 Å². The molecule has 1 fully saturated rings.